The van der Waals surface area contributed by atoms with Crippen molar-refractivity contribution < 1.29 is 9.47 Å². The molecule has 2 nitrogen and oxygen atoms in total. The average molecular weight is 116 g/mol. The van der Waals surface area contributed by atoms with E-state index < -0.39 is 0 Å². The van der Waals surface area contributed by atoms with Crippen LogP contribution >= 0.6 is 0 Å². The van der Waals surface area contributed by atoms with Gasteiger partial charge in [0.15, 0.2) is 7.85 Å². The van der Waals surface area contributed by atoms with Crippen LogP contribution in [0.15, 0.2) is 0 Å². The predicted octanol–water partition coefficient (Wildman–Crippen LogP) is -0.0239. The fourth-order valence-corrected chi connectivity index (χ4v) is 0.518. The molecule has 0 fully saturated rings. The molecule has 0 aliphatic carbocycles. The third-order valence-corrected chi connectivity index (χ3v) is 0.803. The Morgan fingerprint density at radius 3 is 1.88 bits per heavy atom. The van der Waals surface area contributed by atoms with Crippen molar-refractivity contribution in [3.63, 3.8) is 0 Å². The van der Waals surface area contributed by atoms with Gasteiger partial charge in [-0.05, 0) is 13.8 Å². The standard InChI is InChI=1S/C5H13BO2/c1-3-7-5(6)8-4-2/h5H,3-4,6H2,1-2H3. The van der Waals surface area contributed by atoms with Crippen LogP contribution in [0.3, 0.4) is 0 Å². The zero-order valence-corrected chi connectivity index (χ0v) is 5.81. The van der Waals surface area contributed by atoms with E-state index in [0.717, 1.165) is 13.2 Å². The van der Waals surface area contributed by atoms with Gasteiger partial charge in [-0.3, -0.25) is 0 Å². The van der Waals surface area contributed by atoms with Gasteiger partial charge in [0.25, 0.3) is 0 Å². The summed E-state index contributed by atoms with van der Waals surface area (Å²) in [5.74, 6) is 0. The summed E-state index contributed by atoms with van der Waals surface area (Å²) in [4.78, 5) is 0. The maximum Gasteiger partial charge on any atom is 0.174 e. The second kappa shape index (κ2) is 5.13. The van der Waals surface area contributed by atoms with Gasteiger partial charge >= 0.3 is 0 Å². The van der Waals surface area contributed by atoms with E-state index in [1.807, 2.05) is 21.7 Å². The molecule has 0 N–H and O–H groups in total. The SMILES string of the molecule is BC(OCC)OCC. The highest BCUT2D eigenvalue weighted by Crippen LogP contribution is 1.86. The van der Waals surface area contributed by atoms with Gasteiger partial charge in [0.2, 0.25) is 0 Å². The lowest BCUT2D eigenvalue weighted by Crippen LogP contribution is -2.16. The lowest BCUT2D eigenvalue weighted by atomic mass is 10.1. The number of ether oxygens (including phenoxy) is 2. The van der Waals surface area contributed by atoms with Crippen LogP contribution in [-0.2, 0) is 9.47 Å². The Morgan fingerprint density at radius 2 is 1.62 bits per heavy atom. The lowest BCUT2D eigenvalue weighted by Gasteiger charge is -2.09. The molecular formula is C5H13BO2. The average Bonchev–Trinajstić information content (AvgIpc) is 1.68. The Hall–Kier alpha value is -0.0151. The summed E-state index contributed by atoms with van der Waals surface area (Å²) in [6.07, 6.45) is -0.0370. The van der Waals surface area contributed by atoms with E-state index in [-0.39, 0.29) is 6.19 Å². The summed E-state index contributed by atoms with van der Waals surface area (Å²) in [5, 5.41) is 0. The molecule has 0 aromatic heterocycles. The highest BCUT2D eigenvalue weighted by atomic mass is 16.7. The molecule has 0 unspecified atom stereocenters. The minimum atomic E-state index is -0.0370. The Balaban J connectivity index is 2.92. The molecule has 0 atom stereocenters. The summed E-state index contributed by atoms with van der Waals surface area (Å²) in [6.45, 7) is 5.35. The summed E-state index contributed by atoms with van der Waals surface area (Å²) in [7, 11) is 1.90. The first-order valence-electron chi connectivity index (χ1n) is 3.04. The highest BCUT2D eigenvalue weighted by molar-refractivity contribution is 6.09. The van der Waals surface area contributed by atoms with E-state index in [4.69, 9.17) is 9.47 Å². The largest absolute Gasteiger partial charge is 0.362 e. The predicted molar refractivity (Wildman–Crippen MR) is 35.6 cm³/mol. The summed E-state index contributed by atoms with van der Waals surface area (Å²) in [5.41, 5.74) is 0. The van der Waals surface area contributed by atoms with Crippen molar-refractivity contribution in [1.82, 2.24) is 0 Å². The van der Waals surface area contributed by atoms with Gasteiger partial charge in [-0.25, -0.2) is 0 Å². The van der Waals surface area contributed by atoms with Crippen LogP contribution in [0.1, 0.15) is 13.8 Å². The van der Waals surface area contributed by atoms with Crippen molar-refractivity contribution in [2.75, 3.05) is 13.2 Å². The first kappa shape index (κ1) is 7.98. The van der Waals surface area contributed by atoms with Crippen LogP contribution in [0, 0.1) is 0 Å². The van der Waals surface area contributed by atoms with Crippen molar-refractivity contribution in [2.45, 2.75) is 20.0 Å². The van der Waals surface area contributed by atoms with Gasteiger partial charge < -0.3 is 9.47 Å². The van der Waals surface area contributed by atoms with Crippen molar-refractivity contribution in [3.05, 3.63) is 0 Å². The topological polar surface area (TPSA) is 18.5 Å². The molecular weight excluding hydrogens is 103 g/mol. The van der Waals surface area contributed by atoms with E-state index in [1.165, 1.54) is 0 Å². The van der Waals surface area contributed by atoms with Gasteiger partial charge in [0.1, 0.15) is 6.19 Å². The molecule has 0 radical (unpaired) electrons. The minimum absolute atomic E-state index is 0.0370. The van der Waals surface area contributed by atoms with Crippen LogP contribution in [0.2, 0.25) is 0 Å². The molecule has 0 aromatic carbocycles. The molecule has 0 aromatic rings. The zero-order valence-electron chi connectivity index (χ0n) is 5.81. The molecule has 0 spiro atoms. The van der Waals surface area contributed by atoms with Crippen molar-refractivity contribution in [1.29, 1.82) is 0 Å². The van der Waals surface area contributed by atoms with Gasteiger partial charge in [-0.15, -0.1) is 0 Å². The Labute approximate surface area is 51.6 Å². The molecule has 0 aliphatic rings. The van der Waals surface area contributed by atoms with Crippen LogP contribution < -0.4 is 0 Å². The molecule has 3 heteroatoms. The first-order chi connectivity index (χ1) is 3.81. The van der Waals surface area contributed by atoms with Crippen molar-refractivity contribution >= 4 is 7.85 Å². The highest BCUT2D eigenvalue weighted by Gasteiger charge is 1.95. The van der Waals surface area contributed by atoms with Crippen molar-refractivity contribution in [3.8, 4) is 0 Å². The molecule has 0 aliphatic heterocycles. The lowest BCUT2D eigenvalue weighted by molar-refractivity contribution is -0.0801. The Bertz CT molecular complexity index is 43.7. The maximum absolute atomic E-state index is 5.06. The number of hydrogen-bond acceptors (Lipinski definition) is 2. The van der Waals surface area contributed by atoms with E-state index >= 15 is 0 Å². The molecule has 0 saturated carbocycles. The van der Waals surface area contributed by atoms with Gasteiger partial charge in [0.05, 0.1) is 0 Å². The van der Waals surface area contributed by atoms with Crippen LogP contribution in [0.5, 0.6) is 0 Å². The van der Waals surface area contributed by atoms with Gasteiger partial charge in [-0.2, -0.15) is 0 Å². The fourth-order valence-electron chi connectivity index (χ4n) is 0.518. The van der Waals surface area contributed by atoms with Crippen LogP contribution in [0.25, 0.3) is 0 Å². The van der Waals surface area contributed by atoms with Crippen LogP contribution in [-0.4, -0.2) is 27.2 Å². The minimum Gasteiger partial charge on any atom is -0.362 e. The third-order valence-electron chi connectivity index (χ3n) is 0.803. The summed E-state index contributed by atoms with van der Waals surface area (Å²) in [6, 6.07) is 0. The Morgan fingerprint density at radius 1 is 1.25 bits per heavy atom. The van der Waals surface area contributed by atoms with E-state index in [1.54, 1.807) is 0 Å². The summed E-state index contributed by atoms with van der Waals surface area (Å²) < 4.78 is 10.1. The molecule has 48 valence electrons. The first-order valence-corrected chi connectivity index (χ1v) is 3.04. The van der Waals surface area contributed by atoms with Gasteiger partial charge in [-0.1, -0.05) is 0 Å². The maximum atomic E-state index is 5.06. The number of rotatable bonds is 4. The van der Waals surface area contributed by atoms with Gasteiger partial charge in [0, 0.05) is 13.2 Å². The van der Waals surface area contributed by atoms with Crippen LogP contribution in [0.4, 0.5) is 0 Å². The molecule has 0 rings (SSSR count). The Kier molecular flexibility index (Phi) is 5.12. The monoisotopic (exact) mass is 116 g/mol. The van der Waals surface area contributed by atoms with E-state index in [9.17, 15) is 0 Å². The molecule has 0 bridgehead atoms. The summed E-state index contributed by atoms with van der Waals surface area (Å²) >= 11 is 0. The molecule has 0 heterocycles. The van der Waals surface area contributed by atoms with E-state index in [2.05, 4.69) is 0 Å². The van der Waals surface area contributed by atoms with Crippen molar-refractivity contribution in [2.24, 2.45) is 0 Å². The molecule has 8 heavy (non-hydrogen) atoms. The smallest absolute Gasteiger partial charge is 0.174 e. The third kappa shape index (κ3) is 4.15. The second-order valence-electron chi connectivity index (χ2n) is 1.48. The second-order valence-corrected chi connectivity index (χ2v) is 1.48. The molecule has 0 saturated heterocycles. The normalized spacial score (nSPS) is 10.4. The van der Waals surface area contributed by atoms with E-state index in [0.29, 0.717) is 0 Å². The fraction of sp³-hybridized carbons (Fsp3) is 1.00. The number of hydrogen-bond donors (Lipinski definition) is 0. The quantitative estimate of drug-likeness (QED) is 0.379. The molecule has 0 amide bonds. The zero-order chi connectivity index (χ0) is 6.41.